The predicted octanol–water partition coefficient (Wildman–Crippen LogP) is 2.35. The summed E-state index contributed by atoms with van der Waals surface area (Å²) in [6, 6.07) is 3.46. The van der Waals surface area contributed by atoms with Gasteiger partial charge in [-0.25, -0.2) is 17.5 Å². The van der Waals surface area contributed by atoms with Crippen LogP contribution < -0.4 is 10.5 Å². The minimum absolute atomic E-state index is 0. The molecule has 116 valence electrons. The van der Waals surface area contributed by atoms with E-state index in [0.29, 0.717) is 12.0 Å². The van der Waals surface area contributed by atoms with Crippen LogP contribution >= 0.6 is 12.4 Å². The molecule has 0 aromatic heterocycles. The van der Waals surface area contributed by atoms with Crippen LogP contribution in [0.5, 0.6) is 0 Å². The first-order valence-corrected chi connectivity index (χ1v) is 7.87. The van der Waals surface area contributed by atoms with Crippen LogP contribution in [0.1, 0.15) is 31.7 Å². The standard InChI is InChI=1S/C13H21FN2O2S.ClH/c1-3-4-5-11(9-15)16-19(17,18)12-6-7-13(14)10(2)8-12;/h6-8,11,16H,3-5,9,15H2,1-2H3;1H. The third-order valence-corrected chi connectivity index (χ3v) is 4.47. The third kappa shape index (κ3) is 5.36. The Bertz CT molecular complexity index is 523. The van der Waals surface area contributed by atoms with Gasteiger partial charge in [-0.05, 0) is 37.1 Å². The highest BCUT2D eigenvalue weighted by atomic mass is 35.5. The van der Waals surface area contributed by atoms with Gasteiger partial charge in [0.15, 0.2) is 0 Å². The summed E-state index contributed by atoms with van der Waals surface area (Å²) in [5, 5.41) is 0. The summed E-state index contributed by atoms with van der Waals surface area (Å²) in [6.45, 7) is 3.82. The Hall–Kier alpha value is -0.690. The fourth-order valence-corrected chi connectivity index (χ4v) is 3.12. The molecule has 0 aliphatic carbocycles. The summed E-state index contributed by atoms with van der Waals surface area (Å²) in [5.41, 5.74) is 5.87. The second-order valence-electron chi connectivity index (χ2n) is 4.61. The van der Waals surface area contributed by atoms with Crippen molar-refractivity contribution in [1.82, 2.24) is 4.72 Å². The summed E-state index contributed by atoms with van der Waals surface area (Å²) >= 11 is 0. The number of aryl methyl sites for hydroxylation is 1. The van der Waals surface area contributed by atoms with Gasteiger partial charge in [0.25, 0.3) is 0 Å². The average Bonchev–Trinajstić information content (AvgIpc) is 2.37. The Morgan fingerprint density at radius 3 is 2.55 bits per heavy atom. The molecule has 0 bridgehead atoms. The largest absolute Gasteiger partial charge is 0.329 e. The molecular weight excluding hydrogens is 303 g/mol. The molecule has 1 atom stereocenters. The summed E-state index contributed by atoms with van der Waals surface area (Å²) < 4.78 is 40.0. The van der Waals surface area contributed by atoms with E-state index in [4.69, 9.17) is 5.73 Å². The van der Waals surface area contributed by atoms with E-state index in [1.165, 1.54) is 19.1 Å². The lowest BCUT2D eigenvalue weighted by atomic mass is 10.1. The van der Waals surface area contributed by atoms with Crippen molar-refractivity contribution in [3.63, 3.8) is 0 Å². The molecule has 0 aliphatic heterocycles. The zero-order valence-electron chi connectivity index (χ0n) is 11.7. The van der Waals surface area contributed by atoms with Crippen LogP contribution in [0.15, 0.2) is 23.1 Å². The lowest BCUT2D eigenvalue weighted by molar-refractivity contribution is 0.516. The first kappa shape index (κ1) is 19.3. The molecule has 0 radical (unpaired) electrons. The van der Waals surface area contributed by atoms with Crippen LogP contribution in [0.25, 0.3) is 0 Å². The molecule has 0 fully saturated rings. The summed E-state index contributed by atoms with van der Waals surface area (Å²) in [7, 11) is -3.64. The maximum absolute atomic E-state index is 13.1. The molecule has 0 spiro atoms. The van der Waals surface area contributed by atoms with Crippen LogP contribution in [0.4, 0.5) is 4.39 Å². The molecule has 1 aromatic rings. The van der Waals surface area contributed by atoms with Crippen molar-refractivity contribution in [3.8, 4) is 0 Å². The number of rotatable bonds is 7. The zero-order valence-corrected chi connectivity index (χ0v) is 13.4. The molecule has 1 aromatic carbocycles. The van der Waals surface area contributed by atoms with E-state index < -0.39 is 15.8 Å². The van der Waals surface area contributed by atoms with E-state index in [0.717, 1.165) is 18.9 Å². The van der Waals surface area contributed by atoms with E-state index in [1.807, 2.05) is 6.92 Å². The smallest absolute Gasteiger partial charge is 0.240 e. The molecular formula is C13H22ClFN2O2S. The SMILES string of the molecule is CCCCC(CN)NS(=O)(=O)c1ccc(F)c(C)c1.Cl. The lowest BCUT2D eigenvalue weighted by Crippen LogP contribution is -2.40. The minimum Gasteiger partial charge on any atom is -0.329 e. The lowest BCUT2D eigenvalue weighted by Gasteiger charge is -2.16. The van der Waals surface area contributed by atoms with Gasteiger partial charge in [0, 0.05) is 12.6 Å². The van der Waals surface area contributed by atoms with Gasteiger partial charge >= 0.3 is 0 Å². The number of hydrogen-bond acceptors (Lipinski definition) is 3. The van der Waals surface area contributed by atoms with E-state index in [9.17, 15) is 12.8 Å². The maximum Gasteiger partial charge on any atom is 0.240 e. The molecule has 0 saturated carbocycles. The van der Waals surface area contributed by atoms with Crippen molar-refractivity contribution in [3.05, 3.63) is 29.6 Å². The fourth-order valence-electron chi connectivity index (χ4n) is 1.75. The highest BCUT2D eigenvalue weighted by molar-refractivity contribution is 7.89. The zero-order chi connectivity index (χ0) is 14.5. The molecule has 7 heteroatoms. The second-order valence-corrected chi connectivity index (χ2v) is 6.32. The van der Waals surface area contributed by atoms with Gasteiger partial charge in [-0.3, -0.25) is 0 Å². The van der Waals surface area contributed by atoms with E-state index in [-0.39, 0.29) is 29.9 Å². The summed E-state index contributed by atoms with van der Waals surface area (Å²) in [4.78, 5) is 0.0707. The number of hydrogen-bond donors (Lipinski definition) is 2. The Balaban J connectivity index is 0.00000361. The van der Waals surface area contributed by atoms with Gasteiger partial charge < -0.3 is 5.73 Å². The summed E-state index contributed by atoms with van der Waals surface area (Å²) in [6.07, 6.45) is 2.59. The minimum atomic E-state index is -3.64. The van der Waals surface area contributed by atoms with Crippen molar-refractivity contribution in [2.45, 2.75) is 44.0 Å². The molecule has 1 unspecified atom stereocenters. The molecule has 0 heterocycles. The number of halogens is 2. The van der Waals surface area contributed by atoms with Crippen LogP contribution in [-0.4, -0.2) is 21.0 Å². The molecule has 0 aliphatic rings. The number of sulfonamides is 1. The molecule has 20 heavy (non-hydrogen) atoms. The highest BCUT2D eigenvalue weighted by Gasteiger charge is 2.19. The van der Waals surface area contributed by atoms with Crippen molar-refractivity contribution in [1.29, 1.82) is 0 Å². The van der Waals surface area contributed by atoms with Crippen molar-refractivity contribution < 1.29 is 12.8 Å². The first-order valence-electron chi connectivity index (χ1n) is 6.39. The normalized spacial score (nSPS) is 12.8. The molecule has 3 N–H and O–H groups in total. The Morgan fingerprint density at radius 1 is 1.40 bits per heavy atom. The topological polar surface area (TPSA) is 72.2 Å². The molecule has 1 rings (SSSR count). The van der Waals surface area contributed by atoms with Gasteiger partial charge in [0.2, 0.25) is 10.0 Å². The quantitative estimate of drug-likeness (QED) is 0.808. The second kappa shape index (κ2) is 8.56. The van der Waals surface area contributed by atoms with E-state index in [2.05, 4.69) is 4.72 Å². The Labute approximate surface area is 126 Å². The van der Waals surface area contributed by atoms with E-state index >= 15 is 0 Å². The van der Waals surface area contributed by atoms with Crippen molar-refractivity contribution >= 4 is 22.4 Å². The van der Waals surface area contributed by atoms with Gasteiger partial charge in [0.05, 0.1) is 4.90 Å². The van der Waals surface area contributed by atoms with Gasteiger partial charge in [-0.1, -0.05) is 19.8 Å². The highest BCUT2D eigenvalue weighted by Crippen LogP contribution is 2.15. The molecule has 0 amide bonds. The number of nitrogens with two attached hydrogens (primary N) is 1. The van der Waals surface area contributed by atoms with E-state index in [1.54, 1.807) is 0 Å². The van der Waals surface area contributed by atoms with Crippen LogP contribution in [-0.2, 0) is 10.0 Å². The van der Waals surface area contributed by atoms with Gasteiger partial charge in [-0.2, -0.15) is 0 Å². The molecule has 0 saturated heterocycles. The maximum atomic E-state index is 13.1. The first-order chi connectivity index (χ1) is 8.90. The number of benzene rings is 1. The number of unbranched alkanes of at least 4 members (excludes halogenated alkanes) is 1. The Kier molecular flexibility index (Phi) is 8.27. The molecule has 4 nitrogen and oxygen atoms in total. The monoisotopic (exact) mass is 324 g/mol. The third-order valence-electron chi connectivity index (χ3n) is 2.95. The van der Waals surface area contributed by atoms with Crippen LogP contribution in [0.2, 0.25) is 0 Å². The predicted molar refractivity (Wildman–Crippen MR) is 81.1 cm³/mol. The average molecular weight is 325 g/mol. The van der Waals surface area contributed by atoms with Gasteiger partial charge in [-0.15, -0.1) is 12.4 Å². The summed E-state index contributed by atoms with van der Waals surface area (Å²) in [5.74, 6) is -0.416. The van der Waals surface area contributed by atoms with Crippen molar-refractivity contribution in [2.24, 2.45) is 5.73 Å². The fraction of sp³-hybridized carbons (Fsp3) is 0.538. The Morgan fingerprint density at radius 2 is 2.05 bits per heavy atom. The van der Waals surface area contributed by atoms with Gasteiger partial charge in [0.1, 0.15) is 5.82 Å². The van der Waals surface area contributed by atoms with Crippen molar-refractivity contribution in [2.75, 3.05) is 6.54 Å². The number of nitrogens with one attached hydrogen (secondary N) is 1. The van der Waals surface area contributed by atoms with Crippen LogP contribution in [0, 0.1) is 12.7 Å². The van der Waals surface area contributed by atoms with Crippen LogP contribution in [0.3, 0.4) is 0 Å².